The Bertz CT molecular complexity index is 1120. The van der Waals surface area contributed by atoms with Crippen molar-refractivity contribution in [2.45, 2.75) is 55.5 Å². The minimum Gasteiger partial charge on any atom is -0.481 e. The van der Waals surface area contributed by atoms with Gasteiger partial charge in [-0.05, 0) is 31.4 Å². The number of carbonyl (C=O) groups excluding carboxylic acids is 3. The zero-order valence-electron chi connectivity index (χ0n) is 20.4. The van der Waals surface area contributed by atoms with E-state index in [2.05, 4.69) is 10.0 Å². The third-order valence-electron chi connectivity index (χ3n) is 5.19. The van der Waals surface area contributed by atoms with Crippen molar-refractivity contribution in [3.8, 4) is 0 Å². The predicted octanol–water partition coefficient (Wildman–Crippen LogP) is -0.879. The van der Waals surface area contributed by atoms with Crippen LogP contribution in [0.15, 0.2) is 29.2 Å². The number of benzene rings is 1. The Labute approximate surface area is 214 Å². The van der Waals surface area contributed by atoms with Gasteiger partial charge in [-0.15, -0.1) is 0 Å². The van der Waals surface area contributed by atoms with Gasteiger partial charge in [0.25, 0.3) is 0 Å². The molecule has 15 heteroatoms. The predicted molar refractivity (Wildman–Crippen MR) is 134 cm³/mol. The molecular weight excluding hydrogens is 506 g/mol. The molecule has 2 atom stereocenters. The molecule has 204 valence electrons. The average Bonchev–Trinajstić information content (AvgIpc) is 2.82. The van der Waals surface area contributed by atoms with E-state index in [0.29, 0.717) is 32.0 Å². The number of rotatable bonds is 17. The van der Waals surface area contributed by atoms with Gasteiger partial charge < -0.3 is 31.6 Å². The quantitative estimate of drug-likeness (QED) is 0.0561. The molecule has 0 aromatic heterocycles. The molecule has 0 radical (unpaired) electrons. The molecule has 0 aliphatic carbocycles. The van der Waals surface area contributed by atoms with Gasteiger partial charge >= 0.3 is 5.97 Å². The van der Waals surface area contributed by atoms with Crippen LogP contribution in [0.2, 0.25) is 0 Å². The highest BCUT2D eigenvalue weighted by atomic mass is 32.2. The van der Waals surface area contributed by atoms with Gasteiger partial charge in [-0.2, -0.15) is 4.72 Å². The monoisotopic (exact) mass is 539 g/mol. The Morgan fingerprint density at radius 2 is 1.76 bits per heavy atom. The Kier molecular flexibility index (Phi) is 12.3. The molecule has 1 aromatic rings. The number of unbranched alkanes of at least 4 members (excludes halogenated alkanes) is 1. The SMILES string of the molecule is CN(CC(=O)N[C@H](C=O)CCCCC(=N)N)C(=O)[C@H](CCC(=O)O)NS(=O)(=O)c1ccccc1C(=N)N. The van der Waals surface area contributed by atoms with Crippen LogP contribution < -0.4 is 21.5 Å². The van der Waals surface area contributed by atoms with Crippen molar-refractivity contribution in [2.24, 2.45) is 11.5 Å². The first-order valence-electron chi connectivity index (χ1n) is 11.3. The molecule has 1 rings (SSSR count). The van der Waals surface area contributed by atoms with E-state index in [1.54, 1.807) is 0 Å². The number of carbonyl (C=O) groups is 4. The summed E-state index contributed by atoms with van der Waals surface area (Å²) in [5.74, 6) is -3.32. The van der Waals surface area contributed by atoms with E-state index in [0.717, 1.165) is 4.90 Å². The lowest BCUT2D eigenvalue weighted by Crippen LogP contribution is -2.50. The number of sulfonamides is 1. The van der Waals surface area contributed by atoms with Crippen molar-refractivity contribution in [1.82, 2.24) is 14.9 Å². The second-order valence-electron chi connectivity index (χ2n) is 8.29. The summed E-state index contributed by atoms with van der Waals surface area (Å²) in [7, 11) is -3.18. The maximum absolute atomic E-state index is 13.0. The van der Waals surface area contributed by atoms with Crippen LogP contribution >= 0.6 is 0 Å². The summed E-state index contributed by atoms with van der Waals surface area (Å²) < 4.78 is 28.1. The molecular formula is C22H33N7O7S. The van der Waals surface area contributed by atoms with Gasteiger partial charge in [0.2, 0.25) is 21.8 Å². The molecule has 37 heavy (non-hydrogen) atoms. The highest BCUT2D eigenvalue weighted by Gasteiger charge is 2.31. The van der Waals surface area contributed by atoms with Crippen molar-refractivity contribution >= 4 is 45.8 Å². The third kappa shape index (κ3) is 10.7. The van der Waals surface area contributed by atoms with Crippen molar-refractivity contribution in [3.63, 3.8) is 0 Å². The standard InChI is InChI=1S/C22H33N7O7S/c1-29(12-19(31)27-14(13-30)6-2-5-9-18(23)24)22(34)16(10-11-20(32)33)28-37(35,36)17-8-4-3-7-15(17)21(25)26/h3-4,7-8,13-14,16,28H,2,5-6,9-12H2,1H3,(H3,23,24)(H3,25,26)(H,27,31)(H,32,33)/t14-,16-/m0/s1. The van der Waals surface area contributed by atoms with Crippen LogP contribution in [-0.4, -0.2) is 79.8 Å². The zero-order chi connectivity index (χ0) is 28.2. The minimum absolute atomic E-state index is 0.0182. The van der Waals surface area contributed by atoms with E-state index in [1.807, 2.05) is 0 Å². The largest absolute Gasteiger partial charge is 0.481 e. The molecule has 0 saturated carbocycles. The smallest absolute Gasteiger partial charge is 0.303 e. The van der Waals surface area contributed by atoms with E-state index in [9.17, 15) is 27.6 Å². The number of aldehydes is 1. The number of likely N-dealkylation sites (N-methyl/N-ethyl adjacent to an activating group) is 1. The Hall–Kier alpha value is -3.85. The summed E-state index contributed by atoms with van der Waals surface area (Å²) in [6.07, 6.45) is 1.35. The summed E-state index contributed by atoms with van der Waals surface area (Å²) in [6, 6.07) is 3.01. The number of nitrogens with one attached hydrogen (secondary N) is 4. The molecule has 0 heterocycles. The lowest BCUT2D eigenvalue weighted by Gasteiger charge is -2.25. The normalized spacial score (nSPS) is 12.7. The number of nitrogens with zero attached hydrogens (tertiary/aromatic N) is 1. The van der Waals surface area contributed by atoms with Gasteiger partial charge in [0, 0.05) is 25.5 Å². The summed E-state index contributed by atoms with van der Waals surface area (Å²) >= 11 is 0. The molecule has 0 bridgehead atoms. The average molecular weight is 540 g/mol. The van der Waals surface area contributed by atoms with Crippen LogP contribution in [0.3, 0.4) is 0 Å². The van der Waals surface area contributed by atoms with Gasteiger partial charge in [0.15, 0.2) is 0 Å². The van der Waals surface area contributed by atoms with Gasteiger partial charge in [0.1, 0.15) is 18.2 Å². The topological polar surface area (TPSA) is 250 Å². The molecule has 9 N–H and O–H groups in total. The summed E-state index contributed by atoms with van der Waals surface area (Å²) in [6.45, 7) is -0.522. The number of aliphatic carboxylic acids is 1. The van der Waals surface area contributed by atoms with Crippen molar-refractivity contribution in [2.75, 3.05) is 13.6 Å². The lowest BCUT2D eigenvalue weighted by atomic mass is 10.1. The molecule has 0 fully saturated rings. The van der Waals surface area contributed by atoms with E-state index < -0.39 is 65.1 Å². The number of nitrogens with two attached hydrogens (primary N) is 2. The number of carboxylic acid groups (broad SMARTS) is 1. The van der Waals surface area contributed by atoms with Crippen molar-refractivity contribution < 1.29 is 32.7 Å². The molecule has 0 spiro atoms. The third-order valence-corrected chi connectivity index (χ3v) is 6.72. The summed E-state index contributed by atoms with van der Waals surface area (Å²) in [4.78, 5) is 48.3. The molecule has 0 aliphatic rings. The number of carboxylic acids is 1. The van der Waals surface area contributed by atoms with Crippen LogP contribution in [0.5, 0.6) is 0 Å². The second kappa shape index (κ2) is 14.6. The molecule has 0 unspecified atom stereocenters. The molecule has 2 amide bonds. The van der Waals surface area contributed by atoms with E-state index >= 15 is 0 Å². The van der Waals surface area contributed by atoms with Crippen LogP contribution in [0, 0.1) is 10.8 Å². The van der Waals surface area contributed by atoms with E-state index in [4.69, 9.17) is 27.4 Å². The van der Waals surface area contributed by atoms with Gasteiger partial charge in [0.05, 0.1) is 23.3 Å². The number of nitrogen functional groups attached to an aromatic ring is 1. The Balaban J connectivity index is 2.94. The molecule has 0 saturated heterocycles. The van der Waals surface area contributed by atoms with Gasteiger partial charge in [-0.3, -0.25) is 25.2 Å². The summed E-state index contributed by atoms with van der Waals surface area (Å²) in [5.41, 5.74) is 10.6. The Morgan fingerprint density at radius 1 is 1.11 bits per heavy atom. The highest BCUT2D eigenvalue weighted by Crippen LogP contribution is 2.17. The van der Waals surface area contributed by atoms with E-state index in [1.165, 1.54) is 31.3 Å². The molecule has 1 aromatic carbocycles. The number of hydrogen-bond acceptors (Lipinski definition) is 8. The number of amides is 2. The first-order valence-corrected chi connectivity index (χ1v) is 12.8. The Morgan fingerprint density at radius 3 is 2.32 bits per heavy atom. The fourth-order valence-corrected chi connectivity index (χ4v) is 4.79. The van der Waals surface area contributed by atoms with Crippen molar-refractivity contribution in [1.29, 1.82) is 10.8 Å². The lowest BCUT2D eigenvalue weighted by molar-refractivity contribution is -0.139. The second-order valence-corrected chi connectivity index (χ2v) is 9.97. The molecule has 0 aliphatic heterocycles. The van der Waals surface area contributed by atoms with Crippen LogP contribution in [0.4, 0.5) is 0 Å². The van der Waals surface area contributed by atoms with Gasteiger partial charge in [-0.25, -0.2) is 8.42 Å². The first-order chi connectivity index (χ1) is 17.3. The number of amidine groups is 2. The fourth-order valence-electron chi connectivity index (χ4n) is 3.34. The van der Waals surface area contributed by atoms with Gasteiger partial charge in [-0.1, -0.05) is 18.6 Å². The first kappa shape index (κ1) is 31.2. The van der Waals surface area contributed by atoms with Crippen LogP contribution in [-0.2, 0) is 29.2 Å². The van der Waals surface area contributed by atoms with Crippen molar-refractivity contribution in [3.05, 3.63) is 29.8 Å². The number of hydrogen-bond donors (Lipinski definition) is 7. The molecule has 14 nitrogen and oxygen atoms in total. The highest BCUT2D eigenvalue weighted by molar-refractivity contribution is 7.89. The van der Waals surface area contributed by atoms with Crippen LogP contribution in [0.1, 0.15) is 44.1 Å². The maximum atomic E-state index is 13.0. The zero-order valence-corrected chi connectivity index (χ0v) is 21.2. The minimum atomic E-state index is -4.41. The maximum Gasteiger partial charge on any atom is 0.303 e. The fraction of sp³-hybridized carbons (Fsp3) is 0.455. The van der Waals surface area contributed by atoms with Crippen LogP contribution in [0.25, 0.3) is 0 Å². The summed E-state index contributed by atoms with van der Waals surface area (Å²) in [5, 5.41) is 26.3. The van der Waals surface area contributed by atoms with E-state index in [-0.39, 0.29) is 16.3 Å².